The Morgan fingerprint density at radius 1 is 1.32 bits per heavy atom. The van der Waals surface area contributed by atoms with Crippen LogP contribution in [-0.2, 0) is 25.6 Å². The fourth-order valence-electron chi connectivity index (χ4n) is 2.30. The van der Waals surface area contributed by atoms with Crippen LogP contribution in [0.25, 0.3) is 0 Å². The van der Waals surface area contributed by atoms with E-state index in [0.717, 1.165) is 5.56 Å². The second-order valence-electron chi connectivity index (χ2n) is 5.20. The number of aliphatic carboxylic acids is 1. The number of carbonyl (C=O) groups excluding carboxylic acids is 1. The summed E-state index contributed by atoms with van der Waals surface area (Å²) in [6.45, 7) is 2.18. The molecule has 0 aromatic heterocycles. The summed E-state index contributed by atoms with van der Waals surface area (Å²) in [5.74, 6) is -2.02. The lowest BCUT2D eigenvalue weighted by molar-refractivity contribution is -0.189. The molecule has 1 aromatic carbocycles. The molecule has 1 aromatic rings. The summed E-state index contributed by atoms with van der Waals surface area (Å²) in [7, 11) is 1.54. The highest BCUT2D eigenvalue weighted by atomic mass is 19.1. The summed E-state index contributed by atoms with van der Waals surface area (Å²) < 4.78 is 23.6. The molecule has 1 saturated heterocycles. The number of likely N-dealkylation sites (N-methyl/N-ethyl adjacent to an activating group) is 1. The van der Waals surface area contributed by atoms with Crippen molar-refractivity contribution < 1.29 is 28.6 Å². The van der Waals surface area contributed by atoms with Crippen molar-refractivity contribution in [1.82, 2.24) is 4.90 Å². The van der Waals surface area contributed by atoms with Crippen LogP contribution in [0.5, 0.6) is 0 Å². The summed E-state index contributed by atoms with van der Waals surface area (Å²) >= 11 is 0. The molecular weight excluding hydrogens is 293 g/mol. The second-order valence-corrected chi connectivity index (χ2v) is 5.20. The molecule has 2 atom stereocenters. The van der Waals surface area contributed by atoms with Crippen LogP contribution >= 0.6 is 0 Å². The van der Waals surface area contributed by atoms with Crippen molar-refractivity contribution in [2.24, 2.45) is 0 Å². The van der Waals surface area contributed by atoms with E-state index in [9.17, 15) is 14.0 Å². The van der Waals surface area contributed by atoms with Crippen molar-refractivity contribution in [3.8, 4) is 0 Å². The third-order valence-electron chi connectivity index (χ3n) is 3.46. The van der Waals surface area contributed by atoms with Crippen LogP contribution in [0.3, 0.4) is 0 Å². The van der Waals surface area contributed by atoms with E-state index in [-0.39, 0.29) is 25.6 Å². The lowest BCUT2D eigenvalue weighted by Crippen LogP contribution is -2.52. The number of carboxylic acid groups (broad SMARTS) is 1. The van der Waals surface area contributed by atoms with Gasteiger partial charge in [0.25, 0.3) is 5.91 Å². The van der Waals surface area contributed by atoms with E-state index in [2.05, 4.69) is 0 Å². The quantitative estimate of drug-likeness (QED) is 0.896. The first kappa shape index (κ1) is 16.4. The number of carbonyl (C=O) groups is 2. The van der Waals surface area contributed by atoms with Gasteiger partial charge in [-0.15, -0.1) is 0 Å². The van der Waals surface area contributed by atoms with E-state index in [1.165, 1.54) is 18.0 Å². The van der Waals surface area contributed by atoms with Gasteiger partial charge in [0.1, 0.15) is 5.82 Å². The van der Waals surface area contributed by atoms with Crippen molar-refractivity contribution in [3.05, 3.63) is 35.1 Å². The Hall–Kier alpha value is -1.99. The fraction of sp³-hybridized carbons (Fsp3) is 0.467. The SMILES string of the molecule is Cc1cc(CN(C)C(=O)[C@@H]2OCCO[C@@H]2C(=O)O)ccc1F. The van der Waals surface area contributed by atoms with Crippen LogP contribution in [0.15, 0.2) is 18.2 Å². The molecule has 1 N–H and O–H groups in total. The summed E-state index contributed by atoms with van der Waals surface area (Å²) in [5, 5.41) is 9.08. The van der Waals surface area contributed by atoms with Gasteiger partial charge >= 0.3 is 5.97 Å². The Morgan fingerprint density at radius 2 is 1.95 bits per heavy atom. The average Bonchev–Trinajstić information content (AvgIpc) is 2.50. The van der Waals surface area contributed by atoms with E-state index in [1.807, 2.05) is 0 Å². The minimum absolute atomic E-state index is 0.140. The Morgan fingerprint density at radius 3 is 2.55 bits per heavy atom. The molecule has 0 aliphatic carbocycles. The molecule has 7 heteroatoms. The predicted octanol–water partition coefficient (Wildman–Crippen LogP) is 0.961. The zero-order valence-corrected chi connectivity index (χ0v) is 12.4. The van der Waals surface area contributed by atoms with Gasteiger partial charge in [0.2, 0.25) is 0 Å². The number of ether oxygens (including phenoxy) is 2. The van der Waals surface area contributed by atoms with Crippen molar-refractivity contribution in [2.75, 3.05) is 20.3 Å². The van der Waals surface area contributed by atoms with Gasteiger partial charge in [-0.05, 0) is 24.1 Å². The zero-order valence-electron chi connectivity index (χ0n) is 12.4. The molecule has 1 fully saturated rings. The van der Waals surface area contributed by atoms with Gasteiger partial charge in [0, 0.05) is 13.6 Å². The molecule has 2 rings (SSSR count). The number of aryl methyl sites for hydroxylation is 1. The molecule has 0 unspecified atom stereocenters. The summed E-state index contributed by atoms with van der Waals surface area (Å²) in [4.78, 5) is 24.8. The lowest BCUT2D eigenvalue weighted by Gasteiger charge is -2.31. The normalized spacial score (nSPS) is 21.4. The van der Waals surface area contributed by atoms with Gasteiger partial charge in [-0.2, -0.15) is 0 Å². The van der Waals surface area contributed by atoms with E-state index >= 15 is 0 Å². The van der Waals surface area contributed by atoms with Crippen molar-refractivity contribution >= 4 is 11.9 Å². The smallest absolute Gasteiger partial charge is 0.336 e. The number of hydrogen-bond donors (Lipinski definition) is 1. The molecule has 0 radical (unpaired) electrons. The number of carboxylic acids is 1. The number of nitrogens with zero attached hydrogens (tertiary/aromatic N) is 1. The predicted molar refractivity (Wildman–Crippen MR) is 74.7 cm³/mol. The fourth-order valence-corrected chi connectivity index (χ4v) is 2.30. The molecule has 1 heterocycles. The average molecular weight is 311 g/mol. The first-order chi connectivity index (χ1) is 10.4. The summed E-state index contributed by atoms with van der Waals surface area (Å²) in [6, 6.07) is 4.56. The molecule has 120 valence electrons. The largest absolute Gasteiger partial charge is 0.479 e. The van der Waals surface area contributed by atoms with Crippen molar-refractivity contribution in [3.63, 3.8) is 0 Å². The van der Waals surface area contributed by atoms with Crippen molar-refractivity contribution in [2.45, 2.75) is 25.7 Å². The monoisotopic (exact) mass is 311 g/mol. The molecule has 0 bridgehead atoms. The first-order valence-electron chi connectivity index (χ1n) is 6.86. The van der Waals surface area contributed by atoms with Crippen LogP contribution < -0.4 is 0 Å². The molecule has 0 saturated carbocycles. The molecule has 22 heavy (non-hydrogen) atoms. The van der Waals surface area contributed by atoms with Gasteiger partial charge in [-0.3, -0.25) is 4.79 Å². The van der Waals surface area contributed by atoms with Crippen LogP contribution in [0.2, 0.25) is 0 Å². The minimum atomic E-state index is -1.31. The highest BCUT2D eigenvalue weighted by molar-refractivity contribution is 5.88. The third-order valence-corrected chi connectivity index (χ3v) is 3.46. The van der Waals surface area contributed by atoms with E-state index in [0.29, 0.717) is 5.56 Å². The van der Waals surface area contributed by atoms with E-state index < -0.39 is 24.1 Å². The number of benzene rings is 1. The van der Waals surface area contributed by atoms with E-state index in [1.54, 1.807) is 19.1 Å². The Kier molecular flexibility index (Phi) is 5.10. The number of hydrogen-bond acceptors (Lipinski definition) is 4. The Balaban J connectivity index is 2.07. The molecule has 1 amide bonds. The third kappa shape index (κ3) is 3.61. The molecule has 1 aliphatic rings. The lowest BCUT2D eigenvalue weighted by atomic mass is 10.1. The van der Waals surface area contributed by atoms with Crippen molar-refractivity contribution in [1.29, 1.82) is 0 Å². The van der Waals surface area contributed by atoms with Gasteiger partial charge in [0.05, 0.1) is 13.2 Å². The summed E-state index contributed by atoms with van der Waals surface area (Å²) in [5.41, 5.74) is 1.23. The maximum Gasteiger partial charge on any atom is 0.336 e. The van der Waals surface area contributed by atoms with Crippen LogP contribution in [-0.4, -0.2) is 54.4 Å². The highest BCUT2D eigenvalue weighted by Gasteiger charge is 2.39. The van der Waals surface area contributed by atoms with Gasteiger partial charge in [-0.1, -0.05) is 12.1 Å². The first-order valence-corrected chi connectivity index (χ1v) is 6.86. The molecule has 1 aliphatic heterocycles. The number of rotatable bonds is 4. The maximum absolute atomic E-state index is 13.2. The second kappa shape index (κ2) is 6.85. The Bertz CT molecular complexity index is 577. The minimum Gasteiger partial charge on any atom is -0.479 e. The summed E-state index contributed by atoms with van der Waals surface area (Å²) in [6.07, 6.45) is -2.48. The van der Waals surface area contributed by atoms with Gasteiger partial charge in [0.15, 0.2) is 12.2 Å². The molecular formula is C15H18FNO5. The van der Waals surface area contributed by atoms with Gasteiger partial charge < -0.3 is 19.5 Å². The van der Waals surface area contributed by atoms with Crippen LogP contribution in [0.1, 0.15) is 11.1 Å². The highest BCUT2D eigenvalue weighted by Crippen LogP contribution is 2.16. The molecule has 0 spiro atoms. The number of halogens is 1. The maximum atomic E-state index is 13.2. The van der Waals surface area contributed by atoms with Crippen LogP contribution in [0.4, 0.5) is 4.39 Å². The standard InChI is InChI=1S/C15H18FNO5/c1-9-7-10(3-4-11(9)16)8-17(2)14(18)12-13(15(19)20)22-6-5-21-12/h3-4,7,12-13H,5-6,8H2,1-2H3,(H,19,20)/t12-,13+/m1/s1. The van der Waals surface area contributed by atoms with E-state index in [4.69, 9.17) is 14.6 Å². The topological polar surface area (TPSA) is 76.1 Å². The number of amides is 1. The Labute approximate surface area is 127 Å². The molecule has 6 nitrogen and oxygen atoms in total. The van der Waals surface area contributed by atoms with Gasteiger partial charge in [-0.25, -0.2) is 9.18 Å². The zero-order chi connectivity index (χ0) is 16.3. The van der Waals surface area contributed by atoms with Crippen LogP contribution in [0, 0.1) is 12.7 Å².